The molecule has 0 bridgehead atoms. The summed E-state index contributed by atoms with van der Waals surface area (Å²) in [6, 6.07) is 7.52. The van der Waals surface area contributed by atoms with Crippen LogP contribution < -0.4 is 4.74 Å². The molecule has 5 heteroatoms. The van der Waals surface area contributed by atoms with Crippen molar-refractivity contribution in [3.8, 4) is 5.75 Å². The van der Waals surface area contributed by atoms with Gasteiger partial charge >= 0.3 is 0 Å². The van der Waals surface area contributed by atoms with E-state index in [-0.39, 0.29) is 5.91 Å². The summed E-state index contributed by atoms with van der Waals surface area (Å²) in [5, 5.41) is 0. The molecular formula is C16H21BrN2O2. The van der Waals surface area contributed by atoms with Crippen molar-refractivity contribution in [2.75, 3.05) is 32.7 Å². The Hall–Kier alpha value is -1.33. The van der Waals surface area contributed by atoms with Crippen molar-refractivity contribution >= 4 is 21.8 Å². The highest BCUT2D eigenvalue weighted by Crippen LogP contribution is 2.18. The highest BCUT2D eigenvalue weighted by molar-refractivity contribution is 9.10. The van der Waals surface area contributed by atoms with Crippen LogP contribution >= 0.6 is 15.9 Å². The number of hydrogen-bond donors (Lipinski definition) is 0. The average Bonchev–Trinajstić information content (AvgIpc) is 2.50. The number of ether oxygens (including phenoxy) is 1. The van der Waals surface area contributed by atoms with Crippen molar-refractivity contribution in [3.05, 3.63) is 41.4 Å². The summed E-state index contributed by atoms with van der Waals surface area (Å²) in [6.07, 6.45) is 1.44. The fraction of sp³-hybridized carbons (Fsp3) is 0.438. The maximum Gasteiger partial charge on any atom is 0.263 e. The van der Waals surface area contributed by atoms with Crippen molar-refractivity contribution in [2.24, 2.45) is 0 Å². The lowest BCUT2D eigenvalue weighted by Crippen LogP contribution is -2.51. The number of carbonyl (C=O) groups is 1. The summed E-state index contributed by atoms with van der Waals surface area (Å²) in [5.74, 6) is 0.764. The lowest BCUT2D eigenvalue weighted by atomic mass is 10.2. The van der Waals surface area contributed by atoms with Crippen LogP contribution in [-0.4, -0.2) is 54.5 Å². The van der Waals surface area contributed by atoms with Gasteiger partial charge in [-0.05, 0) is 31.2 Å². The molecule has 0 radical (unpaired) electrons. The topological polar surface area (TPSA) is 32.8 Å². The van der Waals surface area contributed by atoms with E-state index in [2.05, 4.69) is 27.4 Å². The van der Waals surface area contributed by atoms with Gasteiger partial charge in [-0.15, -0.1) is 6.58 Å². The predicted molar refractivity (Wildman–Crippen MR) is 87.4 cm³/mol. The summed E-state index contributed by atoms with van der Waals surface area (Å²) in [5.41, 5.74) is 0. The largest absolute Gasteiger partial charge is 0.481 e. The molecule has 2 rings (SSSR count). The van der Waals surface area contributed by atoms with Crippen molar-refractivity contribution in [1.29, 1.82) is 0 Å². The van der Waals surface area contributed by atoms with Crippen LogP contribution in [0.3, 0.4) is 0 Å². The number of rotatable bonds is 5. The number of benzene rings is 1. The summed E-state index contributed by atoms with van der Waals surface area (Å²) < 4.78 is 6.71. The zero-order valence-electron chi connectivity index (χ0n) is 12.3. The van der Waals surface area contributed by atoms with Crippen LogP contribution in [0.15, 0.2) is 41.4 Å². The SMILES string of the molecule is C=CCN1CCN(C(=O)[C@@H](C)Oc2ccc(Br)cc2)CC1. The first-order chi connectivity index (χ1) is 10.1. The molecule has 1 atom stereocenters. The third-order valence-electron chi connectivity index (χ3n) is 3.55. The van der Waals surface area contributed by atoms with Crippen LogP contribution in [0.4, 0.5) is 0 Å². The zero-order valence-corrected chi connectivity index (χ0v) is 13.9. The monoisotopic (exact) mass is 352 g/mol. The lowest BCUT2D eigenvalue weighted by molar-refractivity contribution is -0.139. The van der Waals surface area contributed by atoms with Crippen molar-refractivity contribution < 1.29 is 9.53 Å². The Morgan fingerprint density at radius 2 is 1.95 bits per heavy atom. The highest BCUT2D eigenvalue weighted by Gasteiger charge is 2.25. The third-order valence-corrected chi connectivity index (χ3v) is 4.07. The quantitative estimate of drug-likeness (QED) is 0.763. The first kappa shape index (κ1) is 16.0. The third kappa shape index (κ3) is 4.58. The molecule has 1 aromatic carbocycles. The van der Waals surface area contributed by atoms with E-state index in [0.717, 1.165) is 37.2 Å². The molecule has 1 fully saturated rings. The number of amides is 1. The van der Waals surface area contributed by atoms with Crippen LogP contribution in [0.2, 0.25) is 0 Å². The van der Waals surface area contributed by atoms with Crippen LogP contribution in [0.5, 0.6) is 5.75 Å². The number of nitrogens with zero attached hydrogens (tertiary/aromatic N) is 2. The van der Waals surface area contributed by atoms with E-state index in [1.54, 1.807) is 6.92 Å². The molecule has 0 N–H and O–H groups in total. The molecule has 1 amide bonds. The standard InChI is InChI=1S/C16H21BrN2O2/c1-3-8-18-9-11-19(12-10-18)16(20)13(2)21-15-6-4-14(17)5-7-15/h3-7,13H,1,8-12H2,2H3/t13-/m1/s1. The molecule has 1 aromatic rings. The summed E-state index contributed by atoms with van der Waals surface area (Å²) in [6.45, 7) is 9.72. The second-order valence-electron chi connectivity index (χ2n) is 5.13. The predicted octanol–water partition coefficient (Wildman–Crippen LogP) is 2.55. The normalized spacial score (nSPS) is 17.3. The van der Waals surface area contributed by atoms with Crippen LogP contribution in [0, 0.1) is 0 Å². The van der Waals surface area contributed by atoms with Gasteiger partial charge in [-0.2, -0.15) is 0 Å². The lowest BCUT2D eigenvalue weighted by Gasteiger charge is -2.35. The van der Waals surface area contributed by atoms with Gasteiger partial charge in [0.15, 0.2) is 6.10 Å². The molecule has 4 nitrogen and oxygen atoms in total. The molecule has 21 heavy (non-hydrogen) atoms. The minimum absolute atomic E-state index is 0.0520. The molecule has 1 heterocycles. The number of halogens is 1. The zero-order chi connectivity index (χ0) is 15.2. The Bertz CT molecular complexity index is 482. The number of hydrogen-bond acceptors (Lipinski definition) is 3. The fourth-order valence-corrected chi connectivity index (χ4v) is 2.62. The van der Waals surface area contributed by atoms with Gasteiger partial charge in [-0.25, -0.2) is 0 Å². The summed E-state index contributed by atoms with van der Waals surface area (Å²) in [7, 11) is 0. The van der Waals surface area contributed by atoms with E-state index in [1.807, 2.05) is 35.2 Å². The van der Waals surface area contributed by atoms with Gasteiger partial charge in [-0.3, -0.25) is 9.69 Å². The second kappa shape index (κ2) is 7.61. The molecule has 114 valence electrons. The Morgan fingerprint density at radius 1 is 1.33 bits per heavy atom. The van der Waals surface area contributed by atoms with Gasteiger partial charge in [0.05, 0.1) is 0 Å². The summed E-state index contributed by atoms with van der Waals surface area (Å²) in [4.78, 5) is 16.6. The van der Waals surface area contributed by atoms with Crippen LogP contribution in [0.1, 0.15) is 6.92 Å². The molecule has 0 saturated carbocycles. The average molecular weight is 353 g/mol. The molecular weight excluding hydrogens is 332 g/mol. The minimum atomic E-state index is -0.461. The Morgan fingerprint density at radius 3 is 2.52 bits per heavy atom. The molecule has 1 aliphatic heterocycles. The van der Waals surface area contributed by atoms with Crippen LogP contribution in [0.25, 0.3) is 0 Å². The molecule has 0 aliphatic carbocycles. The smallest absolute Gasteiger partial charge is 0.263 e. The van der Waals surface area contributed by atoms with Gasteiger partial charge in [-0.1, -0.05) is 22.0 Å². The maximum atomic E-state index is 12.4. The molecule has 1 aliphatic rings. The molecule has 1 saturated heterocycles. The minimum Gasteiger partial charge on any atom is -0.481 e. The molecule has 0 unspecified atom stereocenters. The van der Waals surface area contributed by atoms with Gasteiger partial charge in [0.1, 0.15) is 5.75 Å². The Labute approximate surface area is 134 Å². The first-order valence-electron chi connectivity index (χ1n) is 7.14. The van der Waals surface area contributed by atoms with E-state index in [1.165, 1.54) is 0 Å². The number of piperazine rings is 1. The Balaban J connectivity index is 1.85. The van der Waals surface area contributed by atoms with E-state index in [9.17, 15) is 4.79 Å². The van der Waals surface area contributed by atoms with Crippen molar-refractivity contribution in [3.63, 3.8) is 0 Å². The fourth-order valence-electron chi connectivity index (χ4n) is 2.36. The molecule has 0 spiro atoms. The van der Waals surface area contributed by atoms with Gasteiger partial charge in [0, 0.05) is 37.2 Å². The van der Waals surface area contributed by atoms with Crippen molar-refractivity contribution in [2.45, 2.75) is 13.0 Å². The number of carbonyl (C=O) groups excluding carboxylic acids is 1. The van der Waals surface area contributed by atoms with E-state index >= 15 is 0 Å². The van der Waals surface area contributed by atoms with Crippen molar-refractivity contribution in [1.82, 2.24) is 9.80 Å². The molecule has 0 aromatic heterocycles. The van der Waals surface area contributed by atoms with E-state index < -0.39 is 6.10 Å². The van der Waals surface area contributed by atoms with Gasteiger partial charge in [0.2, 0.25) is 0 Å². The van der Waals surface area contributed by atoms with Gasteiger partial charge in [0.25, 0.3) is 5.91 Å². The first-order valence-corrected chi connectivity index (χ1v) is 7.93. The summed E-state index contributed by atoms with van der Waals surface area (Å²) >= 11 is 3.38. The van der Waals surface area contributed by atoms with E-state index in [4.69, 9.17) is 4.74 Å². The Kier molecular flexibility index (Phi) is 5.82. The van der Waals surface area contributed by atoms with Gasteiger partial charge < -0.3 is 9.64 Å². The highest BCUT2D eigenvalue weighted by atomic mass is 79.9. The second-order valence-corrected chi connectivity index (χ2v) is 6.04. The van der Waals surface area contributed by atoms with Crippen LogP contribution in [-0.2, 0) is 4.79 Å². The van der Waals surface area contributed by atoms with E-state index in [0.29, 0.717) is 5.75 Å². The maximum absolute atomic E-state index is 12.4.